The zero-order chi connectivity index (χ0) is 23.8. The number of rotatable bonds is 5. The van der Waals surface area contributed by atoms with Gasteiger partial charge < -0.3 is 0 Å². The highest BCUT2D eigenvalue weighted by atomic mass is 32.2. The van der Waals surface area contributed by atoms with Crippen LogP contribution in [0, 0.1) is 0 Å². The molecule has 35 heavy (non-hydrogen) atoms. The van der Waals surface area contributed by atoms with E-state index in [2.05, 4.69) is 4.98 Å². The van der Waals surface area contributed by atoms with Gasteiger partial charge in [-0.25, -0.2) is 9.97 Å². The Balaban J connectivity index is 1.46. The van der Waals surface area contributed by atoms with E-state index in [0.717, 1.165) is 16.1 Å². The highest BCUT2D eigenvalue weighted by Crippen LogP contribution is 2.33. The third-order valence-electron chi connectivity index (χ3n) is 5.58. The van der Waals surface area contributed by atoms with Gasteiger partial charge in [-0.3, -0.25) is 18.6 Å². The lowest BCUT2D eigenvalue weighted by atomic mass is 10.2. The van der Waals surface area contributed by atoms with Gasteiger partial charge in [0.15, 0.2) is 5.16 Å². The molecule has 6 aromatic rings. The first-order valence-corrected chi connectivity index (χ1v) is 12.8. The van der Waals surface area contributed by atoms with Gasteiger partial charge in [0.1, 0.15) is 10.5 Å². The summed E-state index contributed by atoms with van der Waals surface area (Å²) in [6.07, 6.45) is 1.70. The molecule has 170 valence electrons. The summed E-state index contributed by atoms with van der Waals surface area (Å²) >= 11 is 2.90. The Bertz CT molecular complexity index is 1790. The number of para-hydroxylation sites is 1. The molecule has 0 aliphatic heterocycles. The van der Waals surface area contributed by atoms with Gasteiger partial charge in [0.05, 0.1) is 16.8 Å². The van der Waals surface area contributed by atoms with Gasteiger partial charge in [-0.2, -0.15) is 0 Å². The lowest BCUT2D eigenvalue weighted by Gasteiger charge is -2.12. The molecular weight excluding hydrogens is 476 g/mol. The van der Waals surface area contributed by atoms with Crippen molar-refractivity contribution in [2.45, 2.75) is 10.9 Å². The van der Waals surface area contributed by atoms with Gasteiger partial charge >= 0.3 is 0 Å². The van der Waals surface area contributed by atoms with Crippen LogP contribution in [0.3, 0.4) is 0 Å². The van der Waals surface area contributed by atoms with Gasteiger partial charge in [-0.05, 0) is 35.9 Å². The van der Waals surface area contributed by atoms with Gasteiger partial charge in [0, 0.05) is 22.9 Å². The summed E-state index contributed by atoms with van der Waals surface area (Å²) in [6, 6.07) is 28.4. The first kappa shape index (κ1) is 21.5. The van der Waals surface area contributed by atoms with Gasteiger partial charge in [-0.15, -0.1) is 11.3 Å². The van der Waals surface area contributed by atoms with E-state index in [1.165, 1.54) is 33.6 Å². The van der Waals surface area contributed by atoms with Crippen LogP contribution < -0.4 is 11.1 Å². The van der Waals surface area contributed by atoms with Crippen LogP contribution in [0.5, 0.6) is 0 Å². The summed E-state index contributed by atoms with van der Waals surface area (Å²) < 4.78 is 3.15. The Morgan fingerprint density at radius 2 is 1.57 bits per heavy atom. The fourth-order valence-corrected chi connectivity index (χ4v) is 5.91. The fourth-order valence-electron chi connectivity index (χ4n) is 3.92. The van der Waals surface area contributed by atoms with E-state index in [4.69, 9.17) is 4.98 Å². The third-order valence-corrected chi connectivity index (χ3v) is 7.63. The van der Waals surface area contributed by atoms with Crippen molar-refractivity contribution in [1.82, 2.24) is 18.9 Å². The van der Waals surface area contributed by atoms with E-state index in [9.17, 15) is 9.59 Å². The molecule has 0 atom stereocenters. The number of thiophene rings is 1. The van der Waals surface area contributed by atoms with Gasteiger partial charge in [0.2, 0.25) is 0 Å². The largest absolute Gasteiger partial charge is 0.269 e. The molecule has 0 aliphatic carbocycles. The van der Waals surface area contributed by atoms with Crippen molar-refractivity contribution in [2.24, 2.45) is 0 Å². The van der Waals surface area contributed by atoms with Crippen molar-refractivity contribution in [2.75, 3.05) is 0 Å². The molecule has 0 fully saturated rings. The van der Waals surface area contributed by atoms with Crippen LogP contribution in [-0.4, -0.2) is 18.9 Å². The number of aromatic nitrogens is 4. The van der Waals surface area contributed by atoms with Crippen molar-refractivity contribution in [3.05, 3.63) is 124 Å². The Labute approximate surface area is 208 Å². The molecule has 6 nitrogen and oxygen atoms in total. The van der Waals surface area contributed by atoms with Crippen LogP contribution in [-0.2, 0) is 5.75 Å². The van der Waals surface area contributed by atoms with E-state index in [1.807, 2.05) is 72.8 Å². The number of nitrogens with zero attached hydrogens (tertiary/aromatic N) is 4. The summed E-state index contributed by atoms with van der Waals surface area (Å²) in [6.45, 7) is 0. The molecule has 2 aromatic carbocycles. The number of hydrogen-bond acceptors (Lipinski definition) is 6. The van der Waals surface area contributed by atoms with Crippen molar-refractivity contribution in [3.8, 4) is 16.1 Å². The summed E-state index contributed by atoms with van der Waals surface area (Å²) in [4.78, 5) is 37.4. The van der Waals surface area contributed by atoms with Crippen molar-refractivity contribution >= 4 is 39.0 Å². The Kier molecular flexibility index (Phi) is 5.52. The number of thioether (sulfide) groups is 1. The van der Waals surface area contributed by atoms with Crippen molar-refractivity contribution < 1.29 is 0 Å². The summed E-state index contributed by atoms with van der Waals surface area (Å²) in [7, 11) is 0. The maximum Gasteiger partial charge on any atom is 0.267 e. The predicted octanol–water partition coefficient (Wildman–Crippen LogP) is 5.41. The Hall–Kier alpha value is -4.01. The number of benzene rings is 2. The summed E-state index contributed by atoms with van der Waals surface area (Å²) in [5.74, 6) is 0.405. The monoisotopic (exact) mass is 494 g/mol. The van der Waals surface area contributed by atoms with E-state index >= 15 is 0 Å². The van der Waals surface area contributed by atoms with Crippen molar-refractivity contribution in [3.63, 3.8) is 0 Å². The Morgan fingerprint density at radius 3 is 2.37 bits per heavy atom. The number of fused-ring (bicyclic) bond motifs is 2. The van der Waals surface area contributed by atoms with E-state index in [0.29, 0.717) is 32.5 Å². The molecule has 0 radical (unpaired) electrons. The zero-order valence-corrected chi connectivity index (χ0v) is 20.0. The standard InChI is InChI=1S/C27H18N4O2S2/c32-24-15-19(28-23-13-7-8-14-30(23)24)17-34-27-29-25-21(16-22(35-25)18-9-3-1-4-10-18)26(33)31(27)20-11-5-2-6-12-20/h1-16H,17H2. The molecular formula is C27H18N4O2S2. The molecule has 0 spiro atoms. The fraction of sp³-hybridized carbons (Fsp3) is 0.0370. The van der Waals surface area contributed by atoms with Crippen LogP contribution >= 0.6 is 23.1 Å². The molecule has 8 heteroatoms. The molecule has 4 aromatic heterocycles. The van der Waals surface area contributed by atoms with Crippen LogP contribution in [0.1, 0.15) is 5.69 Å². The first-order chi connectivity index (χ1) is 17.2. The highest BCUT2D eigenvalue weighted by molar-refractivity contribution is 7.98. The minimum atomic E-state index is -0.138. The minimum Gasteiger partial charge on any atom is -0.269 e. The molecule has 4 heterocycles. The second-order valence-electron chi connectivity index (χ2n) is 7.87. The molecule has 0 aliphatic rings. The van der Waals surface area contributed by atoms with Crippen LogP contribution in [0.25, 0.3) is 32.0 Å². The highest BCUT2D eigenvalue weighted by Gasteiger charge is 2.17. The SMILES string of the molecule is O=c1c2cc(-c3ccccc3)sc2nc(SCc2cc(=O)n3ccccc3n2)n1-c1ccccc1. The second kappa shape index (κ2) is 8.98. The second-order valence-corrected chi connectivity index (χ2v) is 9.84. The molecule has 0 N–H and O–H groups in total. The number of pyridine rings is 1. The van der Waals surface area contributed by atoms with Crippen LogP contribution in [0.15, 0.2) is 112 Å². The average molecular weight is 495 g/mol. The average Bonchev–Trinajstić information content (AvgIpc) is 3.33. The summed E-state index contributed by atoms with van der Waals surface area (Å²) in [5.41, 5.74) is 2.76. The van der Waals surface area contributed by atoms with Gasteiger partial charge in [0.25, 0.3) is 11.1 Å². The minimum absolute atomic E-state index is 0.117. The van der Waals surface area contributed by atoms with E-state index in [-0.39, 0.29) is 11.1 Å². The lowest BCUT2D eigenvalue weighted by molar-refractivity contribution is 0.822. The molecule has 0 unspecified atom stereocenters. The van der Waals surface area contributed by atoms with Crippen LogP contribution in [0.2, 0.25) is 0 Å². The maximum atomic E-state index is 13.7. The number of hydrogen-bond donors (Lipinski definition) is 0. The van der Waals surface area contributed by atoms with Crippen LogP contribution in [0.4, 0.5) is 0 Å². The van der Waals surface area contributed by atoms with E-state index in [1.54, 1.807) is 22.9 Å². The molecule has 0 saturated carbocycles. The quantitative estimate of drug-likeness (QED) is 0.237. The topological polar surface area (TPSA) is 69.3 Å². The van der Waals surface area contributed by atoms with E-state index < -0.39 is 0 Å². The maximum absolute atomic E-state index is 13.7. The Morgan fingerprint density at radius 1 is 0.829 bits per heavy atom. The zero-order valence-electron chi connectivity index (χ0n) is 18.4. The molecule has 0 bridgehead atoms. The molecule has 0 amide bonds. The first-order valence-electron chi connectivity index (χ1n) is 10.9. The normalized spacial score (nSPS) is 11.3. The third kappa shape index (κ3) is 4.07. The van der Waals surface area contributed by atoms with Gasteiger partial charge in [-0.1, -0.05) is 66.4 Å². The smallest absolute Gasteiger partial charge is 0.267 e. The molecule has 6 rings (SSSR count). The van der Waals surface area contributed by atoms with Crippen molar-refractivity contribution in [1.29, 1.82) is 0 Å². The predicted molar refractivity (Wildman–Crippen MR) is 142 cm³/mol. The summed E-state index contributed by atoms with van der Waals surface area (Å²) in [5, 5.41) is 1.15. The molecule has 0 saturated heterocycles. The lowest BCUT2D eigenvalue weighted by Crippen LogP contribution is -2.21.